The minimum atomic E-state index is -4.81. The zero-order chi connectivity index (χ0) is 17.6. The van der Waals surface area contributed by atoms with Crippen molar-refractivity contribution in [2.45, 2.75) is 20.2 Å². The largest absolute Gasteiger partial charge is 0.573 e. The third-order valence-corrected chi connectivity index (χ3v) is 4.69. The van der Waals surface area contributed by atoms with Crippen LogP contribution in [0.4, 0.5) is 18.3 Å². The number of aryl methyl sites for hydroxylation is 2. The molecule has 0 bridgehead atoms. The van der Waals surface area contributed by atoms with Gasteiger partial charge in [-0.2, -0.15) is 0 Å². The molecule has 0 atom stereocenters. The lowest BCUT2D eigenvalue weighted by Crippen LogP contribution is -2.17. The predicted molar refractivity (Wildman–Crippen MR) is 87.3 cm³/mol. The number of rotatable bonds is 2. The summed E-state index contributed by atoms with van der Waals surface area (Å²) < 4.78 is 42.1. The Bertz CT molecular complexity index is 935. The molecule has 0 spiro atoms. The molecule has 126 valence electrons. The molecule has 2 aromatic carbocycles. The molecular formula is C16H13F3N2O2S. The summed E-state index contributed by atoms with van der Waals surface area (Å²) in [7, 11) is 0. The summed E-state index contributed by atoms with van der Waals surface area (Å²) in [5.41, 5.74) is 8.94. The van der Waals surface area contributed by atoms with Gasteiger partial charge in [0.2, 0.25) is 0 Å². The molecule has 0 aliphatic rings. The molecule has 24 heavy (non-hydrogen) atoms. The van der Waals surface area contributed by atoms with E-state index in [-0.39, 0.29) is 11.3 Å². The number of nitrogens with zero attached hydrogens (tertiary/aromatic N) is 1. The van der Waals surface area contributed by atoms with Crippen LogP contribution >= 0.6 is 11.3 Å². The fourth-order valence-electron chi connectivity index (χ4n) is 2.48. The first-order chi connectivity index (χ1) is 11.2. The van der Waals surface area contributed by atoms with Crippen LogP contribution < -0.4 is 10.5 Å². The Labute approximate surface area is 139 Å². The van der Waals surface area contributed by atoms with Crippen LogP contribution in [0, 0.1) is 13.8 Å². The Hall–Kier alpha value is -2.48. The standard InChI is InChI=1S/C16H13F3N2O2S/c1-7-5-11(13-14(8(7)2)24-15(20)21-13)10-6-9(3-4-12(10)22)23-16(17,18)19/h3-6,22H,1-2H3,(H2,20,21). The highest BCUT2D eigenvalue weighted by Gasteiger charge is 2.31. The van der Waals surface area contributed by atoms with Gasteiger partial charge in [-0.3, -0.25) is 0 Å². The van der Waals surface area contributed by atoms with Gasteiger partial charge in [0.1, 0.15) is 11.5 Å². The Morgan fingerprint density at radius 3 is 2.54 bits per heavy atom. The summed E-state index contributed by atoms with van der Waals surface area (Å²) in [5, 5.41) is 10.5. The highest BCUT2D eigenvalue weighted by Crippen LogP contribution is 2.41. The quantitative estimate of drug-likeness (QED) is 0.696. The van der Waals surface area contributed by atoms with Crippen LogP contribution in [0.1, 0.15) is 11.1 Å². The van der Waals surface area contributed by atoms with Crippen LogP contribution in [-0.4, -0.2) is 16.5 Å². The predicted octanol–water partition coefficient (Wildman–Crippen LogP) is 4.77. The minimum absolute atomic E-state index is 0.166. The summed E-state index contributed by atoms with van der Waals surface area (Å²) >= 11 is 1.30. The van der Waals surface area contributed by atoms with Crippen LogP contribution in [0.5, 0.6) is 11.5 Å². The van der Waals surface area contributed by atoms with Gasteiger partial charge in [-0.05, 0) is 49.2 Å². The van der Waals surface area contributed by atoms with Crippen molar-refractivity contribution in [1.29, 1.82) is 0 Å². The third-order valence-electron chi connectivity index (χ3n) is 3.68. The average molecular weight is 354 g/mol. The van der Waals surface area contributed by atoms with E-state index in [1.165, 1.54) is 11.3 Å². The monoisotopic (exact) mass is 354 g/mol. The molecule has 3 rings (SSSR count). The highest BCUT2D eigenvalue weighted by molar-refractivity contribution is 7.22. The number of aromatic hydroxyl groups is 1. The van der Waals surface area contributed by atoms with Crippen molar-refractivity contribution >= 4 is 26.7 Å². The SMILES string of the molecule is Cc1cc(-c2cc(OC(F)(F)F)ccc2O)c2nc(N)sc2c1C. The van der Waals surface area contributed by atoms with E-state index in [0.29, 0.717) is 16.2 Å². The van der Waals surface area contributed by atoms with Crippen molar-refractivity contribution in [3.8, 4) is 22.6 Å². The van der Waals surface area contributed by atoms with Gasteiger partial charge in [0.25, 0.3) is 0 Å². The molecule has 3 aromatic rings. The normalized spacial score (nSPS) is 11.9. The van der Waals surface area contributed by atoms with Gasteiger partial charge in [-0.15, -0.1) is 13.2 Å². The first-order valence-electron chi connectivity index (χ1n) is 6.91. The van der Waals surface area contributed by atoms with Crippen molar-refractivity contribution in [3.63, 3.8) is 0 Å². The number of alkyl halides is 3. The van der Waals surface area contributed by atoms with Crippen molar-refractivity contribution in [2.24, 2.45) is 0 Å². The molecule has 0 aliphatic heterocycles. The number of nitrogens with two attached hydrogens (primary N) is 1. The summed E-state index contributed by atoms with van der Waals surface area (Å²) in [6.45, 7) is 3.80. The van der Waals surface area contributed by atoms with E-state index in [9.17, 15) is 18.3 Å². The maximum atomic E-state index is 12.4. The number of fused-ring (bicyclic) bond motifs is 1. The second-order valence-corrected chi connectivity index (χ2v) is 6.35. The maximum absolute atomic E-state index is 12.4. The number of phenolic OH excluding ortho intramolecular Hbond substituents is 1. The number of halogens is 3. The second kappa shape index (κ2) is 5.55. The van der Waals surface area contributed by atoms with Gasteiger partial charge in [0, 0.05) is 11.1 Å². The molecule has 8 heteroatoms. The first kappa shape index (κ1) is 16.4. The molecule has 0 saturated carbocycles. The number of ether oxygens (including phenoxy) is 1. The summed E-state index contributed by atoms with van der Waals surface area (Å²) in [6.07, 6.45) is -4.81. The van der Waals surface area contributed by atoms with E-state index >= 15 is 0 Å². The highest BCUT2D eigenvalue weighted by atomic mass is 32.1. The maximum Gasteiger partial charge on any atom is 0.573 e. The van der Waals surface area contributed by atoms with Crippen LogP contribution in [0.15, 0.2) is 24.3 Å². The molecule has 0 aliphatic carbocycles. The fraction of sp³-hybridized carbons (Fsp3) is 0.188. The van der Waals surface area contributed by atoms with E-state index in [0.717, 1.165) is 34.0 Å². The topological polar surface area (TPSA) is 68.4 Å². The number of phenols is 1. The zero-order valence-electron chi connectivity index (χ0n) is 12.7. The van der Waals surface area contributed by atoms with Crippen LogP contribution in [0.2, 0.25) is 0 Å². The second-order valence-electron chi connectivity index (χ2n) is 5.32. The summed E-state index contributed by atoms with van der Waals surface area (Å²) in [5.74, 6) is -0.578. The van der Waals surface area contributed by atoms with Crippen LogP contribution in [-0.2, 0) is 0 Å². The van der Waals surface area contributed by atoms with Gasteiger partial charge < -0.3 is 15.6 Å². The van der Waals surface area contributed by atoms with Gasteiger partial charge in [0.05, 0.1) is 10.2 Å². The lowest BCUT2D eigenvalue weighted by atomic mass is 9.98. The molecule has 0 unspecified atom stereocenters. The Morgan fingerprint density at radius 2 is 1.88 bits per heavy atom. The average Bonchev–Trinajstić information content (AvgIpc) is 2.86. The molecule has 4 nitrogen and oxygen atoms in total. The number of nitrogen functional groups attached to an aromatic ring is 1. The summed E-state index contributed by atoms with van der Waals surface area (Å²) in [4.78, 5) is 4.26. The Morgan fingerprint density at radius 1 is 1.17 bits per heavy atom. The molecule has 1 heterocycles. The number of hydrogen-bond acceptors (Lipinski definition) is 5. The molecule has 0 saturated heterocycles. The number of anilines is 1. The van der Waals surface area contributed by atoms with Gasteiger partial charge >= 0.3 is 6.36 Å². The van der Waals surface area contributed by atoms with E-state index in [2.05, 4.69) is 9.72 Å². The van der Waals surface area contributed by atoms with Crippen molar-refractivity contribution in [1.82, 2.24) is 4.98 Å². The lowest BCUT2D eigenvalue weighted by Gasteiger charge is -2.13. The lowest BCUT2D eigenvalue weighted by molar-refractivity contribution is -0.274. The van der Waals surface area contributed by atoms with Crippen molar-refractivity contribution in [2.75, 3.05) is 5.73 Å². The molecule has 0 amide bonds. The van der Waals surface area contributed by atoms with Crippen LogP contribution in [0.25, 0.3) is 21.3 Å². The third kappa shape index (κ3) is 2.96. The van der Waals surface area contributed by atoms with E-state index in [1.807, 2.05) is 13.8 Å². The van der Waals surface area contributed by atoms with E-state index < -0.39 is 12.1 Å². The first-order valence-corrected chi connectivity index (χ1v) is 7.72. The summed E-state index contributed by atoms with van der Waals surface area (Å²) in [6, 6.07) is 5.12. The minimum Gasteiger partial charge on any atom is -0.507 e. The zero-order valence-corrected chi connectivity index (χ0v) is 13.5. The van der Waals surface area contributed by atoms with E-state index in [4.69, 9.17) is 5.73 Å². The molecule has 0 fully saturated rings. The number of thiazole rings is 1. The smallest absolute Gasteiger partial charge is 0.507 e. The molecular weight excluding hydrogens is 341 g/mol. The van der Waals surface area contributed by atoms with E-state index in [1.54, 1.807) is 6.07 Å². The fourth-order valence-corrected chi connectivity index (χ4v) is 3.39. The number of benzene rings is 2. The Balaban J connectivity index is 2.24. The van der Waals surface area contributed by atoms with Gasteiger partial charge in [-0.1, -0.05) is 11.3 Å². The van der Waals surface area contributed by atoms with Crippen LogP contribution in [0.3, 0.4) is 0 Å². The molecule has 1 aromatic heterocycles. The molecule has 0 radical (unpaired) electrons. The number of hydrogen-bond donors (Lipinski definition) is 2. The van der Waals surface area contributed by atoms with Gasteiger partial charge in [-0.25, -0.2) is 4.98 Å². The van der Waals surface area contributed by atoms with Crippen molar-refractivity contribution in [3.05, 3.63) is 35.4 Å². The van der Waals surface area contributed by atoms with Gasteiger partial charge in [0.15, 0.2) is 5.13 Å². The van der Waals surface area contributed by atoms with Crippen molar-refractivity contribution < 1.29 is 23.0 Å². The number of aromatic nitrogens is 1. The Kier molecular flexibility index (Phi) is 3.79. The molecule has 3 N–H and O–H groups in total.